The molecule has 3 amide bonds. The second-order valence-corrected chi connectivity index (χ2v) is 12.2. The van der Waals surface area contributed by atoms with Crippen molar-refractivity contribution in [3.8, 4) is 0 Å². The molecular formula is C27H18F3N3O4S3. The van der Waals surface area contributed by atoms with Crippen molar-refractivity contribution in [3.63, 3.8) is 0 Å². The number of rotatable bonds is 5. The minimum atomic E-state index is -4.78. The van der Waals surface area contributed by atoms with E-state index in [1.54, 1.807) is 47.8 Å². The third kappa shape index (κ3) is 4.47. The first kappa shape index (κ1) is 26.5. The first-order valence-corrected chi connectivity index (χ1v) is 14.5. The lowest BCUT2D eigenvalue weighted by Crippen LogP contribution is -2.33. The van der Waals surface area contributed by atoms with Gasteiger partial charge in [0.2, 0.25) is 17.7 Å². The highest BCUT2D eigenvalue weighted by molar-refractivity contribution is 8.00. The number of fused-ring (bicyclic) bond motifs is 2. The summed E-state index contributed by atoms with van der Waals surface area (Å²) in [5.41, 5.74) is -1.06. The topological polar surface area (TPSA) is 88.5 Å². The summed E-state index contributed by atoms with van der Waals surface area (Å²) in [4.78, 5) is 54.9. The highest BCUT2D eigenvalue weighted by atomic mass is 32.2. The number of hydrogen-bond donors (Lipinski definition) is 1. The summed E-state index contributed by atoms with van der Waals surface area (Å²) in [6.45, 7) is -0.329. The molecule has 1 saturated heterocycles. The molecule has 0 aliphatic carbocycles. The van der Waals surface area contributed by atoms with Gasteiger partial charge in [-0.15, -0.1) is 11.3 Å². The van der Waals surface area contributed by atoms with Crippen LogP contribution in [0.3, 0.4) is 0 Å². The summed E-state index contributed by atoms with van der Waals surface area (Å²) in [6.07, 6.45) is -4.78. The molecule has 1 fully saturated rings. The third-order valence-electron chi connectivity index (χ3n) is 6.71. The van der Waals surface area contributed by atoms with Crippen molar-refractivity contribution < 1.29 is 27.6 Å². The number of thioether (sulfide) groups is 1. The fourth-order valence-electron chi connectivity index (χ4n) is 5.04. The van der Waals surface area contributed by atoms with Gasteiger partial charge in [-0.05, 0) is 35.7 Å². The summed E-state index contributed by atoms with van der Waals surface area (Å²) >= 11 is 3.16. The van der Waals surface area contributed by atoms with Gasteiger partial charge in [-0.3, -0.25) is 23.7 Å². The van der Waals surface area contributed by atoms with E-state index < -0.39 is 57.1 Å². The number of imide groups is 1. The van der Waals surface area contributed by atoms with E-state index in [-0.39, 0.29) is 6.54 Å². The van der Waals surface area contributed by atoms with Crippen LogP contribution in [0.25, 0.3) is 0 Å². The van der Waals surface area contributed by atoms with Crippen LogP contribution in [0.4, 0.5) is 24.5 Å². The standard InChI is InChI=1S/C27H18F3N3O4S3/c28-27(29,30)15-9-4-5-10-16(15)33-23(35)20-19(17-11-6-12-38-17)22-25(39-21(20)24(33)36)32(26(37)40-22)13-18(34)31-14-7-2-1-3-8-14/h1-12,19-21H,13H2,(H,31,34). The van der Waals surface area contributed by atoms with Crippen LogP contribution in [-0.2, 0) is 27.1 Å². The number of thiazole rings is 1. The maximum Gasteiger partial charge on any atom is 0.418 e. The number of carbonyl (C=O) groups excluding carboxylic acids is 3. The summed E-state index contributed by atoms with van der Waals surface area (Å²) in [5, 5.41) is 3.80. The Hall–Kier alpha value is -3.68. The molecule has 3 unspecified atom stereocenters. The molecule has 0 bridgehead atoms. The Kier molecular flexibility index (Phi) is 6.67. The fraction of sp³-hybridized carbons (Fsp3) is 0.185. The van der Waals surface area contributed by atoms with Crippen LogP contribution in [0.1, 0.15) is 21.2 Å². The number of aromatic nitrogens is 1. The Morgan fingerprint density at radius 1 is 0.925 bits per heavy atom. The van der Waals surface area contributed by atoms with Crippen molar-refractivity contribution in [2.75, 3.05) is 10.2 Å². The van der Waals surface area contributed by atoms with Gasteiger partial charge < -0.3 is 5.32 Å². The van der Waals surface area contributed by atoms with E-state index in [0.717, 1.165) is 35.2 Å². The number of anilines is 2. The Balaban J connectivity index is 1.41. The van der Waals surface area contributed by atoms with Crippen molar-refractivity contribution in [2.24, 2.45) is 5.92 Å². The third-order valence-corrected chi connectivity index (χ3v) is 10.3. The second-order valence-electron chi connectivity index (χ2n) is 9.12. The first-order valence-electron chi connectivity index (χ1n) is 12.0. The van der Waals surface area contributed by atoms with Gasteiger partial charge >= 0.3 is 11.0 Å². The molecular weight excluding hydrogens is 584 g/mol. The molecule has 1 N–H and O–H groups in total. The van der Waals surface area contributed by atoms with Gasteiger partial charge in [-0.25, -0.2) is 4.90 Å². The number of carbonyl (C=O) groups is 3. The zero-order chi connectivity index (χ0) is 28.2. The molecule has 4 heterocycles. The molecule has 2 aromatic heterocycles. The number of halogens is 3. The number of nitrogens with zero attached hydrogens (tertiary/aromatic N) is 2. The average molecular weight is 602 g/mol. The van der Waals surface area contributed by atoms with Gasteiger partial charge in [0.1, 0.15) is 11.8 Å². The molecule has 3 atom stereocenters. The van der Waals surface area contributed by atoms with Gasteiger partial charge in [0.25, 0.3) is 0 Å². The number of benzene rings is 2. The van der Waals surface area contributed by atoms with Crippen LogP contribution in [0.5, 0.6) is 0 Å². The van der Waals surface area contributed by atoms with Gasteiger partial charge in [-0.2, -0.15) is 13.2 Å². The minimum Gasteiger partial charge on any atom is -0.325 e. The SMILES string of the molecule is O=C(Cn1c2c(sc1=O)C(c1cccs1)C1C(=O)N(c3ccccc3C(F)(F)F)C(=O)C1S2)Nc1ccccc1. The lowest BCUT2D eigenvalue weighted by molar-refractivity contribution is -0.137. The molecule has 4 aromatic rings. The van der Waals surface area contributed by atoms with Crippen LogP contribution in [0.15, 0.2) is 81.9 Å². The number of alkyl halides is 3. The Bertz CT molecular complexity index is 1680. The summed E-state index contributed by atoms with van der Waals surface area (Å²) < 4.78 is 42.8. The van der Waals surface area contributed by atoms with Crippen molar-refractivity contribution >= 4 is 63.5 Å². The van der Waals surface area contributed by atoms with Gasteiger partial charge in [0.15, 0.2) is 0 Å². The maximum absolute atomic E-state index is 13.8. The molecule has 204 valence electrons. The smallest absolute Gasteiger partial charge is 0.325 e. The number of thiophene rings is 1. The van der Waals surface area contributed by atoms with Crippen LogP contribution in [-0.4, -0.2) is 27.5 Å². The van der Waals surface area contributed by atoms with Gasteiger partial charge in [-0.1, -0.05) is 59.5 Å². The normalized spacial score (nSPS) is 20.4. The molecule has 13 heteroatoms. The summed E-state index contributed by atoms with van der Waals surface area (Å²) in [5.74, 6) is -3.74. The molecule has 0 radical (unpaired) electrons. The van der Waals surface area contributed by atoms with Crippen LogP contribution >= 0.6 is 34.4 Å². The van der Waals surface area contributed by atoms with Crippen LogP contribution in [0.2, 0.25) is 0 Å². The van der Waals surface area contributed by atoms with Crippen LogP contribution in [0, 0.1) is 5.92 Å². The van der Waals surface area contributed by atoms with Gasteiger partial charge in [0.05, 0.1) is 22.2 Å². The molecule has 7 nitrogen and oxygen atoms in total. The minimum absolute atomic E-state index is 0.329. The molecule has 2 aromatic carbocycles. The van der Waals surface area contributed by atoms with E-state index in [4.69, 9.17) is 0 Å². The fourth-order valence-corrected chi connectivity index (χ4v) is 8.76. The molecule has 0 saturated carbocycles. The Labute approximate surface area is 237 Å². The molecule has 2 aliphatic rings. The van der Waals surface area contributed by atoms with E-state index in [1.807, 2.05) is 0 Å². The van der Waals surface area contributed by atoms with E-state index in [2.05, 4.69) is 5.32 Å². The Morgan fingerprint density at radius 2 is 1.65 bits per heavy atom. The highest BCUT2D eigenvalue weighted by Gasteiger charge is 2.58. The van der Waals surface area contributed by atoms with Crippen LogP contribution < -0.4 is 15.1 Å². The van der Waals surface area contributed by atoms with Gasteiger partial charge in [0, 0.05) is 21.4 Å². The number of nitrogens with one attached hydrogen (secondary N) is 1. The lowest BCUT2D eigenvalue weighted by atomic mass is 9.87. The van der Waals surface area contributed by atoms with E-state index in [0.29, 0.717) is 25.4 Å². The summed E-state index contributed by atoms with van der Waals surface area (Å²) in [7, 11) is 0. The number of para-hydroxylation sites is 2. The molecule has 40 heavy (non-hydrogen) atoms. The predicted molar refractivity (Wildman–Crippen MR) is 147 cm³/mol. The molecule has 2 aliphatic heterocycles. The lowest BCUT2D eigenvalue weighted by Gasteiger charge is -2.29. The summed E-state index contributed by atoms with van der Waals surface area (Å²) in [6, 6.07) is 16.7. The van der Waals surface area contributed by atoms with Crippen molar-refractivity contribution in [1.29, 1.82) is 0 Å². The predicted octanol–water partition coefficient (Wildman–Crippen LogP) is 5.42. The van der Waals surface area contributed by atoms with E-state index in [9.17, 15) is 32.3 Å². The first-order chi connectivity index (χ1) is 19.1. The molecule has 6 rings (SSSR count). The quantitative estimate of drug-likeness (QED) is 0.309. The zero-order valence-corrected chi connectivity index (χ0v) is 22.7. The second kappa shape index (κ2) is 10.1. The Morgan fingerprint density at radius 3 is 2.35 bits per heavy atom. The largest absolute Gasteiger partial charge is 0.418 e. The van der Waals surface area contributed by atoms with Crippen molar-refractivity contribution in [3.05, 3.63) is 97.1 Å². The zero-order valence-electron chi connectivity index (χ0n) is 20.3. The highest BCUT2D eigenvalue weighted by Crippen LogP contribution is 2.55. The molecule has 0 spiro atoms. The van der Waals surface area contributed by atoms with Crippen molar-refractivity contribution in [1.82, 2.24) is 4.57 Å². The van der Waals surface area contributed by atoms with Crippen molar-refractivity contribution in [2.45, 2.75) is 28.9 Å². The van der Waals surface area contributed by atoms with E-state index in [1.165, 1.54) is 28.0 Å². The maximum atomic E-state index is 13.8. The average Bonchev–Trinajstić information content (AvgIpc) is 3.61. The number of hydrogen-bond acceptors (Lipinski definition) is 7. The monoisotopic (exact) mass is 601 g/mol. The van der Waals surface area contributed by atoms with E-state index >= 15 is 0 Å². The number of amides is 3.